The molecule has 0 heterocycles. The molecule has 0 aliphatic carbocycles. The molecule has 0 N–H and O–H groups in total. The van der Waals surface area contributed by atoms with Crippen molar-refractivity contribution in [3.05, 3.63) is 28.8 Å². The van der Waals surface area contributed by atoms with Crippen molar-refractivity contribution in [1.82, 2.24) is 4.90 Å². The molecule has 0 fully saturated rings. The molecular weight excluding hydrogens is 282 g/mol. The molecule has 1 rings (SSSR count). The van der Waals surface area contributed by atoms with Crippen LogP contribution in [-0.4, -0.2) is 32.1 Å². The molecule has 0 amide bonds. The Bertz CT molecular complexity index is 420. The molecule has 0 spiro atoms. The second-order valence-electron chi connectivity index (χ2n) is 6.14. The monoisotopic (exact) mass is 311 g/mol. The molecule has 21 heavy (non-hydrogen) atoms. The Balaban J connectivity index is 3.05. The van der Waals surface area contributed by atoms with Gasteiger partial charge >= 0.3 is 0 Å². The lowest BCUT2D eigenvalue weighted by Gasteiger charge is -2.28. The lowest BCUT2D eigenvalue weighted by molar-refractivity contribution is 0.283. The molecule has 3 heteroatoms. The van der Waals surface area contributed by atoms with Crippen molar-refractivity contribution in [2.45, 2.75) is 46.0 Å². The van der Waals surface area contributed by atoms with Crippen LogP contribution in [-0.2, 0) is 0 Å². The average molecular weight is 312 g/mol. The summed E-state index contributed by atoms with van der Waals surface area (Å²) >= 11 is 6.24. The topological polar surface area (TPSA) is 12.5 Å². The molecule has 0 saturated carbocycles. The lowest BCUT2D eigenvalue weighted by Crippen LogP contribution is -2.25. The van der Waals surface area contributed by atoms with Gasteiger partial charge in [0.05, 0.1) is 6.61 Å². The Kier molecular flexibility index (Phi) is 8.13. The van der Waals surface area contributed by atoms with Crippen LogP contribution in [0.4, 0.5) is 0 Å². The Morgan fingerprint density at radius 3 is 2.52 bits per heavy atom. The summed E-state index contributed by atoms with van der Waals surface area (Å²) in [4.78, 5) is 2.24. The maximum atomic E-state index is 6.24. The van der Waals surface area contributed by atoms with Crippen LogP contribution in [0, 0.1) is 5.92 Å². The van der Waals surface area contributed by atoms with E-state index in [4.69, 9.17) is 16.3 Å². The minimum atomic E-state index is 0.445. The fraction of sp³-hybridized carbons (Fsp3) is 0.667. The highest BCUT2D eigenvalue weighted by Crippen LogP contribution is 2.36. The van der Waals surface area contributed by atoms with E-state index in [1.165, 1.54) is 5.56 Å². The summed E-state index contributed by atoms with van der Waals surface area (Å²) in [5.41, 5.74) is 1.25. The molecule has 2 unspecified atom stereocenters. The second kappa shape index (κ2) is 9.32. The van der Waals surface area contributed by atoms with Gasteiger partial charge in [0.15, 0.2) is 0 Å². The maximum Gasteiger partial charge on any atom is 0.122 e. The predicted octanol–water partition coefficient (Wildman–Crippen LogP) is 5.21. The summed E-state index contributed by atoms with van der Waals surface area (Å²) in [6.07, 6.45) is 3.39. The molecule has 2 atom stereocenters. The number of nitrogens with zero attached hydrogens (tertiary/aromatic N) is 1. The van der Waals surface area contributed by atoms with E-state index in [-0.39, 0.29) is 0 Å². The van der Waals surface area contributed by atoms with Crippen molar-refractivity contribution < 1.29 is 4.74 Å². The van der Waals surface area contributed by atoms with Gasteiger partial charge in [0.2, 0.25) is 0 Å². The number of likely N-dealkylation sites (N-methyl/N-ethyl adjacent to an activating group) is 1. The largest absolute Gasteiger partial charge is 0.493 e. The first-order valence-electron chi connectivity index (χ1n) is 8.06. The third-order valence-corrected chi connectivity index (χ3v) is 4.25. The molecule has 0 bridgehead atoms. The van der Waals surface area contributed by atoms with Crippen LogP contribution in [0.3, 0.4) is 0 Å². The fourth-order valence-electron chi connectivity index (χ4n) is 2.53. The zero-order chi connectivity index (χ0) is 15.8. The van der Waals surface area contributed by atoms with Gasteiger partial charge in [-0.25, -0.2) is 0 Å². The van der Waals surface area contributed by atoms with Crippen molar-refractivity contribution in [1.29, 1.82) is 0 Å². The molecule has 1 aromatic carbocycles. The Morgan fingerprint density at radius 2 is 1.95 bits per heavy atom. The maximum absolute atomic E-state index is 6.24. The summed E-state index contributed by atoms with van der Waals surface area (Å²) in [5, 5.41) is 0.792. The van der Waals surface area contributed by atoms with Crippen molar-refractivity contribution in [2.75, 3.05) is 27.2 Å². The first kappa shape index (κ1) is 18.3. The number of hydrogen-bond acceptors (Lipinski definition) is 2. The first-order chi connectivity index (χ1) is 9.99. The SMILES string of the molecule is CCCCOc1ccc(Cl)cc1C(CN(C)C)C(C)CC. The van der Waals surface area contributed by atoms with Crippen molar-refractivity contribution in [3.63, 3.8) is 0 Å². The highest BCUT2D eigenvalue weighted by Gasteiger charge is 2.22. The number of halogens is 1. The van der Waals surface area contributed by atoms with Crippen LogP contribution < -0.4 is 4.74 Å². The molecule has 0 saturated heterocycles. The Morgan fingerprint density at radius 1 is 1.24 bits per heavy atom. The van der Waals surface area contributed by atoms with Crippen LogP contribution in [0.15, 0.2) is 18.2 Å². The van der Waals surface area contributed by atoms with E-state index < -0.39 is 0 Å². The number of hydrogen-bond donors (Lipinski definition) is 0. The number of ether oxygens (including phenoxy) is 1. The number of benzene rings is 1. The normalized spacial score (nSPS) is 14.2. The molecular formula is C18H30ClNO. The van der Waals surface area contributed by atoms with E-state index in [1.54, 1.807) is 0 Å². The van der Waals surface area contributed by atoms with Crippen molar-refractivity contribution >= 4 is 11.6 Å². The third-order valence-electron chi connectivity index (χ3n) is 4.02. The molecule has 0 radical (unpaired) electrons. The highest BCUT2D eigenvalue weighted by molar-refractivity contribution is 6.30. The minimum absolute atomic E-state index is 0.445. The summed E-state index contributed by atoms with van der Waals surface area (Å²) in [6.45, 7) is 8.53. The molecule has 0 aliphatic rings. The predicted molar refractivity (Wildman–Crippen MR) is 92.6 cm³/mol. The molecule has 2 nitrogen and oxygen atoms in total. The lowest BCUT2D eigenvalue weighted by atomic mass is 9.84. The van der Waals surface area contributed by atoms with Gasteiger partial charge in [-0.3, -0.25) is 0 Å². The van der Waals surface area contributed by atoms with E-state index in [2.05, 4.69) is 45.8 Å². The standard InChI is InChI=1S/C18H30ClNO/c1-6-8-11-21-18-10-9-15(19)12-16(18)17(13-20(4)5)14(3)7-2/h9-10,12,14,17H,6-8,11,13H2,1-5H3. The minimum Gasteiger partial charge on any atom is -0.493 e. The van der Waals surface area contributed by atoms with Gasteiger partial charge in [0.25, 0.3) is 0 Å². The summed E-state index contributed by atoms with van der Waals surface area (Å²) in [5.74, 6) is 2.04. The van der Waals surface area contributed by atoms with Gasteiger partial charge in [-0.15, -0.1) is 0 Å². The molecule has 1 aromatic rings. The zero-order valence-corrected chi connectivity index (χ0v) is 14.9. The second-order valence-corrected chi connectivity index (χ2v) is 6.57. The van der Waals surface area contributed by atoms with Crippen LogP contribution in [0.1, 0.15) is 51.5 Å². The van der Waals surface area contributed by atoms with Gasteiger partial charge in [0, 0.05) is 23.0 Å². The fourth-order valence-corrected chi connectivity index (χ4v) is 2.71. The molecule has 120 valence electrons. The summed E-state index contributed by atoms with van der Waals surface area (Å²) in [7, 11) is 4.25. The third kappa shape index (κ3) is 5.88. The summed E-state index contributed by atoms with van der Waals surface area (Å²) in [6, 6.07) is 6.04. The van der Waals surface area contributed by atoms with Crippen LogP contribution in [0.25, 0.3) is 0 Å². The van der Waals surface area contributed by atoms with Crippen molar-refractivity contribution in [2.24, 2.45) is 5.92 Å². The van der Waals surface area contributed by atoms with Crippen molar-refractivity contribution in [3.8, 4) is 5.75 Å². The van der Waals surface area contributed by atoms with Crippen LogP contribution >= 0.6 is 11.6 Å². The molecule has 0 aliphatic heterocycles. The van der Waals surface area contributed by atoms with E-state index >= 15 is 0 Å². The van der Waals surface area contributed by atoms with Gasteiger partial charge < -0.3 is 9.64 Å². The Hall–Kier alpha value is -0.730. The van der Waals surface area contributed by atoms with Gasteiger partial charge in [-0.1, -0.05) is 45.2 Å². The van der Waals surface area contributed by atoms with Gasteiger partial charge in [-0.05, 0) is 44.6 Å². The van der Waals surface area contributed by atoms with Gasteiger partial charge in [-0.2, -0.15) is 0 Å². The van der Waals surface area contributed by atoms with E-state index in [0.717, 1.165) is 43.2 Å². The van der Waals surface area contributed by atoms with E-state index in [0.29, 0.717) is 11.8 Å². The number of unbranched alkanes of at least 4 members (excludes halogenated alkanes) is 1. The average Bonchev–Trinajstić information content (AvgIpc) is 2.45. The molecule has 0 aromatic heterocycles. The first-order valence-corrected chi connectivity index (χ1v) is 8.44. The quantitative estimate of drug-likeness (QED) is 0.580. The highest BCUT2D eigenvalue weighted by atomic mass is 35.5. The zero-order valence-electron chi connectivity index (χ0n) is 14.2. The van der Waals surface area contributed by atoms with Crippen LogP contribution in [0.2, 0.25) is 5.02 Å². The Labute approximate surface area is 135 Å². The van der Waals surface area contributed by atoms with Crippen LogP contribution in [0.5, 0.6) is 5.75 Å². The number of rotatable bonds is 9. The summed E-state index contributed by atoms with van der Waals surface area (Å²) < 4.78 is 6.01. The van der Waals surface area contributed by atoms with E-state index in [9.17, 15) is 0 Å². The smallest absolute Gasteiger partial charge is 0.122 e. The van der Waals surface area contributed by atoms with E-state index in [1.807, 2.05) is 12.1 Å². The van der Waals surface area contributed by atoms with Gasteiger partial charge in [0.1, 0.15) is 5.75 Å².